The number of carbonyl (C=O) groups excluding carboxylic acids is 1. The molecule has 3 nitrogen and oxygen atoms in total. The molecule has 1 amide bonds. The normalized spacial score (nSPS) is 16.2. The van der Waals surface area contributed by atoms with Gasteiger partial charge in [-0.2, -0.15) is 0 Å². The first kappa shape index (κ1) is 17.4. The highest BCUT2D eigenvalue weighted by Gasteiger charge is 2.18. The Bertz CT molecular complexity index is 752. The van der Waals surface area contributed by atoms with Gasteiger partial charge in [-0.05, 0) is 31.4 Å². The summed E-state index contributed by atoms with van der Waals surface area (Å²) < 4.78 is 0. The van der Waals surface area contributed by atoms with Crippen molar-refractivity contribution in [2.75, 3.05) is 13.1 Å². The molecule has 0 bridgehead atoms. The van der Waals surface area contributed by atoms with Gasteiger partial charge in [0.2, 0.25) is 5.91 Å². The average molecular weight is 334 g/mol. The van der Waals surface area contributed by atoms with Crippen LogP contribution in [-0.2, 0) is 11.3 Å². The molecule has 3 rings (SSSR count). The number of carbonyl (C=O) groups is 1. The van der Waals surface area contributed by atoms with Crippen molar-refractivity contribution < 1.29 is 4.79 Å². The van der Waals surface area contributed by atoms with E-state index in [-0.39, 0.29) is 11.9 Å². The molecule has 1 aliphatic rings. The molecule has 0 saturated carbocycles. The lowest BCUT2D eigenvalue weighted by molar-refractivity contribution is -0.118. The minimum atomic E-state index is 0.0277. The summed E-state index contributed by atoms with van der Waals surface area (Å²) in [5.41, 5.74) is 4.66. The quantitative estimate of drug-likeness (QED) is 0.896. The van der Waals surface area contributed by atoms with Crippen molar-refractivity contribution in [1.29, 1.82) is 0 Å². The average Bonchev–Trinajstić information content (AvgIpc) is 2.63. The molecule has 1 N–H and O–H groups in total. The Balaban J connectivity index is 1.54. The second-order valence-electron chi connectivity index (χ2n) is 6.81. The summed E-state index contributed by atoms with van der Waals surface area (Å²) in [5, 5.41) is 3.11. The fourth-order valence-corrected chi connectivity index (χ4v) is 3.24. The highest BCUT2D eigenvalue weighted by molar-refractivity contribution is 5.93. The Morgan fingerprint density at radius 3 is 2.64 bits per heavy atom. The highest BCUT2D eigenvalue weighted by atomic mass is 16.1. The standard InChI is InChI=1S/C22H26N2O/c1-17-7-6-8-19(15-17)16-24-13-11-21(12-14-24)22(25)23-18(2)20-9-4-3-5-10-20/h3-11,15,18H,12-14,16H2,1-2H3,(H,23,25)/t18-/m1/s1. The Kier molecular flexibility index (Phi) is 5.67. The summed E-state index contributed by atoms with van der Waals surface area (Å²) in [5.74, 6) is 0.0616. The molecular weight excluding hydrogens is 308 g/mol. The van der Waals surface area contributed by atoms with Crippen LogP contribution in [0.25, 0.3) is 0 Å². The summed E-state index contributed by atoms with van der Waals surface area (Å²) >= 11 is 0. The summed E-state index contributed by atoms with van der Waals surface area (Å²) in [6.45, 7) is 6.84. The molecule has 0 fully saturated rings. The van der Waals surface area contributed by atoms with E-state index in [1.54, 1.807) is 0 Å². The number of hydrogen-bond donors (Lipinski definition) is 1. The lowest BCUT2D eigenvalue weighted by Gasteiger charge is -2.26. The molecule has 1 heterocycles. The Morgan fingerprint density at radius 1 is 1.16 bits per heavy atom. The predicted molar refractivity (Wildman–Crippen MR) is 102 cm³/mol. The van der Waals surface area contributed by atoms with Gasteiger partial charge < -0.3 is 5.32 Å². The molecular formula is C22H26N2O. The number of nitrogens with zero attached hydrogens (tertiary/aromatic N) is 1. The number of amides is 1. The van der Waals surface area contributed by atoms with Gasteiger partial charge in [-0.3, -0.25) is 9.69 Å². The van der Waals surface area contributed by atoms with Crippen molar-refractivity contribution in [3.8, 4) is 0 Å². The van der Waals surface area contributed by atoms with E-state index in [0.29, 0.717) is 0 Å². The highest BCUT2D eigenvalue weighted by Crippen LogP contribution is 2.17. The van der Waals surface area contributed by atoms with Crippen LogP contribution in [0.15, 0.2) is 66.2 Å². The van der Waals surface area contributed by atoms with Crippen LogP contribution in [0.2, 0.25) is 0 Å². The second kappa shape index (κ2) is 8.13. The zero-order chi connectivity index (χ0) is 17.6. The van der Waals surface area contributed by atoms with E-state index in [2.05, 4.69) is 47.5 Å². The minimum Gasteiger partial charge on any atom is -0.346 e. The first-order chi connectivity index (χ1) is 12.1. The van der Waals surface area contributed by atoms with E-state index >= 15 is 0 Å². The number of hydrogen-bond acceptors (Lipinski definition) is 2. The molecule has 3 heteroatoms. The zero-order valence-electron chi connectivity index (χ0n) is 15.0. The second-order valence-corrected chi connectivity index (χ2v) is 6.81. The largest absolute Gasteiger partial charge is 0.346 e. The molecule has 0 aliphatic carbocycles. The van der Waals surface area contributed by atoms with E-state index in [0.717, 1.165) is 37.2 Å². The van der Waals surface area contributed by atoms with Crippen molar-refractivity contribution in [2.24, 2.45) is 0 Å². The van der Waals surface area contributed by atoms with Crippen molar-refractivity contribution in [1.82, 2.24) is 10.2 Å². The molecule has 0 aromatic heterocycles. The zero-order valence-corrected chi connectivity index (χ0v) is 15.0. The number of nitrogens with one attached hydrogen (secondary N) is 1. The summed E-state index contributed by atoms with van der Waals surface area (Å²) in [4.78, 5) is 14.9. The number of aryl methyl sites for hydroxylation is 1. The molecule has 25 heavy (non-hydrogen) atoms. The lowest BCUT2D eigenvalue weighted by atomic mass is 10.0. The smallest absolute Gasteiger partial charge is 0.247 e. The minimum absolute atomic E-state index is 0.0277. The van der Waals surface area contributed by atoms with Gasteiger partial charge in [0.15, 0.2) is 0 Å². The molecule has 2 aromatic carbocycles. The number of rotatable bonds is 5. The predicted octanol–water partition coefficient (Wildman–Crippen LogP) is 4.00. The van der Waals surface area contributed by atoms with Crippen molar-refractivity contribution in [2.45, 2.75) is 32.9 Å². The van der Waals surface area contributed by atoms with Crippen LogP contribution in [0.1, 0.15) is 36.1 Å². The van der Waals surface area contributed by atoms with Gasteiger partial charge in [0, 0.05) is 25.2 Å². The third-order valence-corrected chi connectivity index (χ3v) is 4.72. The van der Waals surface area contributed by atoms with Crippen molar-refractivity contribution in [3.05, 3.63) is 82.9 Å². The van der Waals surface area contributed by atoms with Crippen molar-refractivity contribution in [3.63, 3.8) is 0 Å². The van der Waals surface area contributed by atoms with E-state index < -0.39 is 0 Å². The molecule has 1 atom stereocenters. The molecule has 0 radical (unpaired) electrons. The van der Waals surface area contributed by atoms with Crippen molar-refractivity contribution >= 4 is 5.91 Å². The molecule has 0 unspecified atom stereocenters. The van der Waals surface area contributed by atoms with Crippen LogP contribution in [0.5, 0.6) is 0 Å². The first-order valence-electron chi connectivity index (χ1n) is 8.94. The topological polar surface area (TPSA) is 32.3 Å². The molecule has 130 valence electrons. The maximum absolute atomic E-state index is 12.5. The van der Waals surface area contributed by atoms with Gasteiger partial charge in [-0.15, -0.1) is 0 Å². The monoisotopic (exact) mass is 334 g/mol. The summed E-state index contributed by atoms with van der Waals surface area (Å²) in [6.07, 6.45) is 2.88. The molecule has 1 aliphatic heterocycles. The molecule has 0 saturated heterocycles. The fraction of sp³-hybridized carbons (Fsp3) is 0.318. The van der Waals surface area contributed by atoms with Gasteiger partial charge in [0.1, 0.15) is 0 Å². The van der Waals surface area contributed by atoms with E-state index in [1.165, 1.54) is 11.1 Å². The van der Waals surface area contributed by atoms with Crippen LogP contribution in [0.4, 0.5) is 0 Å². The summed E-state index contributed by atoms with van der Waals surface area (Å²) in [6, 6.07) is 18.7. The number of benzene rings is 2. The first-order valence-corrected chi connectivity index (χ1v) is 8.94. The van der Waals surface area contributed by atoms with E-state index in [9.17, 15) is 4.79 Å². The molecule has 0 spiro atoms. The van der Waals surface area contributed by atoms with Crippen LogP contribution < -0.4 is 5.32 Å². The van der Waals surface area contributed by atoms with Gasteiger partial charge in [-0.25, -0.2) is 0 Å². The van der Waals surface area contributed by atoms with Crippen LogP contribution >= 0.6 is 0 Å². The van der Waals surface area contributed by atoms with Crippen LogP contribution in [-0.4, -0.2) is 23.9 Å². The maximum Gasteiger partial charge on any atom is 0.247 e. The van der Waals surface area contributed by atoms with E-state index in [1.807, 2.05) is 37.3 Å². The van der Waals surface area contributed by atoms with Crippen LogP contribution in [0, 0.1) is 6.92 Å². The van der Waals surface area contributed by atoms with Gasteiger partial charge in [0.05, 0.1) is 6.04 Å². The fourth-order valence-electron chi connectivity index (χ4n) is 3.24. The lowest BCUT2D eigenvalue weighted by Crippen LogP contribution is -2.34. The maximum atomic E-state index is 12.5. The SMILES string of the molecule is Cc1cccc(CN2CC=C(C(=O)N[C@H](C)c3ccccc3)CC2)c1. The van der Waals surface area contributed by atoms with E-state index in [4.69, 9.17) is 0 Å². The Morgan fingerprint density at radius 2 is 1.96 bits per heavy atom. The third-order valence-electron chi connectivity index (χ3n) is 4.72. The summed E-state index contributed by atoms with van der Waals surface area (Å²) in [7, 11) is 0. The molecule has 2 aromatic rings. The Labute approximate surface area is 150 Å². The van der Waals surface area contributed by atoms with Gasteiger partial charge in [0.25, 0.3) is 0 Å². The van der Waals surface area contributed by atoms with Gasteiger partial charge >= 0.3 is 0 Å². The third kappa shape index (κ3) is 4.80. The van der Waals surface area contributed by atoms with Gasteiger partial charge in [-0.1, -0.05) is 66.2 Å². The Hall–Kier alpha value is -2.39. The van der Waals surface area contributed by atoms with Crippen LogP contribution in [0.3, 0.4) is 0 Å².